The second-order valence-electron chi connectivity index (χ2n) is 5.96. The van der Waals surface area contributed by atoms with Crippen molar-refractivity contribution in [1.82, 2.24) is 15.2 Å². The number of aromatic nitrogens is 3. The first kappa shape index (κ1) is 17.2. The Kier molecular flexibility index (Phi) is 4.33. The third kappa shape index (κ3) is 3.15. The second-order valence-corrected chi connectivity index (χ2v) is 6.87. The summed E-state index contributed by atoms with van der Waals surface area (Å²) in [5, 5.41) is 25.4. The summed E-state index contributed by atoms with van der Waals surface area (Å²) in [6.45, 7) is 1.80. The molecular weight excluding hydrogens is 410 g/mol. The molecule has 1 amide bonds. The molecule has 0 bridgehead atoms. The Morgan fingerprint density at radius 2 is 1.96 bits per heavy atom. The summed E-state index contributed by atoms with van der Waals surface area (Å²) in [7, 11) is 0. The number of halogens is 1. The zero-order chi connectivity index (χ0) is 19.0. The van der Waals surface area contributed by atoms with Gasteiger partial charge in [0.05, 0.1) is 11.2 Å². The quantitative estimate of drug-likeness (QED) is 0.391. The van der Waals surface area contributed by atoms with E-state index >= 15 is 0 Å². The zero-order valence-electron chi connectivity index (χ0n) is 14.2. The smallest absolute Gasteiger partial charge is 0.313 e. The van der Waals surface area contributed by atoms with E-state index < -0.39 is 5.91 Å². The minimum Gasteiger partial charge on any atom is -0.493 e. The van der Waals surface area contributed by atoms with E-state index in [0.29, 0.717) is 22.2 Å². The molecule has 0 spiro atoms. The summed E-state index contributed by atoms with van der Waals surface area (Å²) in [5.74, 6) is -0.711. The monoisotopic (exact) mass is 423 g/mol. The number of fused-ring (bicyclic) bond motifs is 1. The predicted octanol–water partition coefficient (Wildman–Crippen LogP) is 5.26. The zero-order valence-corrected chi connectivity index (χ0v) is 15.8. The van der Waals surface area contributed by atoms with Crippen LogP contribution in [-0.2, 0) is 0 Å². The van der Waals surface area contributed by atoms with Crippen molar-refractivity contribution in [1.29, 1.82) is 0 Å². The number of carbonyl (C=O) groups excluding carboxylic acids is 1. The average molecular weight is 424 g/mol. The number of benzene rings is 2. The molecular formula is C19H14BrN5O2. The number of hydrogen-bond acceptors (Lipinski definition) is 4. The maximum atomic E-state index is 12.5. The molecule has 2 aromatic heterocycles. The van der Waals surface area contributed by atoms with E-state index in [2.05, 4.69) is 41.3 Å². The Bertz CT molecular complexity index is 1180. The van der Waals surface area contributed by atoms with Gasteiger partial charge in [-0.15, -0.1) is 10.2 Å². The van der Waals surface area contributed by atoms with Crippen molar-refractivity contribution < 1.29 is 9.90 Å². The van der Waals surface area contributed by atoms with Crippen LogP contribution in [0.5, 0.6) is 5.88 Å². The van der Waals surface area contributed by atoms with Crippen LogP contribution >= 0.6 is 15.9 Å². The number of amides is 1. The first-order chi connectivity index (χ1) is 13.0. The number of nitrogens with zero attached hydrogens (tertiary/aromatic N) is 3. The van der Waals surface area contributed by atoms with Crippen molar-refractivity contribution >= 4 is 38.4 Å². The van der Waals surface area contributed by atoms with Gasteiger partial charge < -0.3 is 10.1 Å². The van der Waals surface area contributed by atoms with E-state index in [4.69, 9.17) is 0 Å². The lowest BCUT2D eigenvalue weighted by Gasteiger charge is -1.98. The molecule has 4 aromatic rings. The number of aromatic hydroxyl groups is 1. The van der Waals surface area contributed by atoms with Gasteiger partial charge in [-0.25, -0.2) is 0 Å². The van der Waals surface area contributed by atoms with Crippen molar-refractivity contribution in [2.45, 2.75) is 6.92 Å². The molecule has 0 saturated carbocycles. The van der Waals surface area contributed by atoms with Gasteiger partial charge in [0.15, 0.2) is 5.69 Å². The van der Waals surface area contributed by atoms with Gasteiger partial charge in [-0.2, -0.15) is 5.10 Å². The van der Waals surface area contributed by atoms with Gasteiger partial charge in [-0.1, -0.05) is 46.3 Å². The van der Waals surface area contributed by atoms with Crippen molar-refractivity contribution in [3.05, 3.63) is 64.3 Å². The van der Waals surface area contributed by atoms with Crippen molar-refractivity contribution in [3.63, 3.8) is 0 Å². The van der Waals surface area contributed by atoms with Crippen molar-refractivity contribution in [3.8, 4) is 17.1 Å². The summed E-state index contributed by atoms with van der Waals surface area (Å²) >= 11 is 3.38. The molecule has 0 saturated heterocycles. The maximum absolute atomic E-state index is 12.5. The molecule has 0 atom stereocenters. The summed E-state index contributed by atoms with van der Waals surface area (Å²) in [6.07, 6.45) is 0. The Balaban J connectivity index is 1.67. The van der Waals surface area contributed by atoms with Crippen LogP contribution in [0.1, 0.15) is 16.1 Å². The topological polar surface area (TPSA) is 106 Å². The highest BCUT2D eigenvalue weighted by molar-refractivity contribution is 9.10. The predicted molar refractivity (Wildman–Crippen MR) is 105 cm³/mol. The van der Waals surface area contributed by atoms with Gasteiger partial charge >= 0.3 is 5.91 Å². The van der Waals surface area contributed by atoms with E-state index in [1.165, 1.54) is 0 Å². The first-order valence-electron chi connectivity index (χ1n) is 8.11. The van der Waals surface area contributed by atoms with E-state index in [1.807, 2.05) is 36.4 Å². The molecule has 0 unspecified atom stereocenters. The molecule has 8 heteroatoms. The lowest BCUT2D eigenvalue weighted by Crippen LogP contribution is -1.96. The fourth-order valence-electron chi connectivity index (χ4n) is 2.87. The lowest BCUT2D eigenvalue weighted by molar-refractivity contribution is 0.0989. The van der Waals surface area contributed by atoms with Gasteiger partial charge in [0.1, 0.15) is 5.69 Å². The minimum absolute atomic E-state index is 0.147. The van der Waals surface area contributed by atoms with E-state index in [1.54, 1.807) is 19.1 Å². The second kappa shape index (κ2) is 6.81. The summed E-state index contributed by atoms with van der Waals surface area (Å²) in [5.41, 5.74) is 3.45. The molecule has 27 heavy (non-hydrogen) atoms. The van der Waals surface area contributed by atoms with Crippen molar-refractivity contribution in [2.75, 3.05) is 0 Å². The molecule has 3 N–H and O–H groups in total. The highest BCUT2D eigenvalue weighted by Crippen LogP contribution is 2.37. The van der Waals surface area contributed by atoms with Gasteiger partial charge in [0.2, 0.25) is 5.88 Å². The highest BCUT2D eigenvalue weighted by Gasteiger charge is 2.17. The normalized spacial score (nSPS) is 11.5. The molecule has 0 fully saturated rings. The molecule has 0 radical (unpaired) electrons. The average Bonchev–Trinajstić information content (AvgIpc) is 3.20. The highest BCUT2D eigenvalue weighted by atomic mass is 79.9. The summed E-state index contributed by atoms with van der Waals surface area (Å²) in [6, 6.07) is 15.0. The van der Waals surface area contributed by atoms with Crippen LogP contribution in [0.2, 0.25) is 0 Å². The Labute approximate surface area is 162 Å². The number of H-pyrrole nitrogens is 2. The molecule has 7 nitrogen and oxygen atoms in total. The lowest BCUT2D eigenvalue weighted by atomic mass is 10.1. The molecule has 0 aliphatic carbocycles. The van der Waals surface area contributed by atoms with E-state index in [9.17, 15) is 9.90 Å². The fourth-order valence-corrected chi connectivity index (χ4v) is 3.23. The number of aromatic amines is 2. The van der Waals surface area contributed by atoms with Crippen LogP contribution in [0.15, 0.2) is 63.2 Å². The van der Waals surface area contributed by atoms with Gasteiger partial charge in [-0.3, -0.25) is 9.89 Å². The number of carbonyl (C=O) groups is 1. The summed E-state index contributed by atoms with van der Waals surface area (Å²) < 4.78 is 0.827. The molecule has 134 valence electrons. The SMILES string of the molecule is Cc1c(-c2ccccc2)n[nH]c1C(=O)N=Nc1c(O)[nH]c2ccc(Br)cc12. The molecule has 0 aliphatic rings. The maximum Gasteiger partial charge on any atom is 0.313 e. The van der Waals surface area contributed by atoms with Crippen LogP contribution in [-0.4, -0.2) is 26.2 Å². The molecule has 2 aromatic carbocycles. The molecule has 2 heterocycles. The van der Waals surface area contributed by atoms with Gasteiger partial charge in [-0.05, 0) is 25.1 Å². The van der Waals surface area contributed by atoms with Crippen LogP contribution in [0.4, 0.5) is 5.69 Å². The fraction of sp³-hybridized carbons (Fsp3) is 0.0526. The number of azo groups is 1. The number of hydrogen-bond donors (Lipinski definition) is 3. The number of nitrogens with one attached hydrogen (secondary N) is 2. The van der Waals surface area contributed by atoms with Crippen LogP contribution in [0.3, 0.4) is 0 Å². The molecule has 0 aliphatic heterocycles. The Hall–Kier alpha value is -3.26. The van der Waals surface area contributed by atoms with E-state index in [-0.39, 0.29) is 17.3 Å². The van der Waals surface area contributed by atoms with Gasteiger partial charge in [0.25, 0.3) is 0 Å². The van der Waals surface area contributed by atoms with Crippen LogP contribution < -0.4 is 0 Å². The minimum atomic E-state index is -0.564. The van der Waals surface area contributed by atoms with Gasteiger partial charge in [0, 0.05) is 21.0 Å². The first-order valence-corrected chi connectivity index (χ1v) is 8.90. The summed E-state index contributed by atoms with van der Waals surface area (Å²) in [4.78, 5) is 15.3. The third-order valence-electron chi connectivity index (χ3n) is 4.23. The van der Waals surface area contributed by atoms with Crippen molar-refractivity contribution in [2.24, 2.45) is 10.2 Å². The van der Waals surface area contributed by atoms with E-state index in [0.717, 1.165) is 10.0 Å². The van der Waals surface area contributed by atoms with Crippen LogP contribution in [0, 0.1) is 6.92 Å². The Morgan fingerprint density at radius 3 is 2.74 bits per heavy atom. The Morgan fingerprint density at radius 1 is 1.19 bits per heavy atom. The number of rotatable bonds is 3. The van der Waals surface area contributed by atoms with Crippen LogP contribution in [0.25, 0.3) is 22.2 Å². The largest absolute Gasteiger partial charge is 0.493 e. The molecule has 4 rings (SSSR count). The standard InChI is InChI=1S/C19H14BrN5O2/c1-10-15(11-5-3-2-4-6-11)22-23-16(10)19(27)25-24-17-13-9-12(20)7-8-14(13)21-18(17)26/h2-9,21,26H,1H3,(H,22,23). The third-order valence-corrected chi connectivity index (χ3v) is 4.72.